The predicted octanol–water partition coefficient (Wildman–Crippen LogP) is 2.27. The van der Waals surface area contributed by atoms with Gasteiger partial charge in [0.15, 0.2) is 0 Å². The number of nitrogens with one attached hydrogen (secondary N) is 1. The molecule has 1 N–H and O–H groups in total. The Bertz CT molecular complexity index is 976. The predicted molar refractivity (Wildman–Crippen MR) is 108 cm³/mol. The number of carbonyl (C=O) groups excluding carboxylic acids is 1. The molecule has 1 aliphatic heterocycles. The quantitative estimate of drug-likeness (QED) is 0.718. The molecule has 0 radical (unpaired) electrons. The van der Waals surface area contributed by atoms with Crippen LogP contribution in [0.5, 0.6) is 0 Å². The van der Waals surface area contributed by atoms with Gasteiger partial charge in [-0.1, -0.05) is 18.2 Å². The van der Waals surface area contributed by atoms with Gasteiger partial charge >= 0.3 is 0 Å². The highest BCUT2D eigenvalue weighted by atomic mass is 19.1. The van der Waals surface area contributed by atoms with Crippen molar-refractivity contribution in [3.8, 4) is 0 Å². The van der Waals surface area contributed by atoms with Crippen molar-refractivity contribution in [1.82, 2.24) is 20.3 Å². The van der Waals surface area contributed by atoms with Gasteiger partial charge < -0.3 is 15.1 Å². The largest absolute Gasteiger partial charge is 0.367 e. The van der Waals surface area contributed by atoms with Crippen molar-refractivity contribution in [3.05, 3.63) is 78.1 Å². The molecule has 8 heteroatoms. The first-order valence-electron chi connectivity index (χ1n) is 9.44. The molecule has 7 nitrogen and oxygen atoms in total. The Morgan fingerprint density at radius 3 is 2.48 bits per heavy atom. The minimum Gasteiger partial charge on any atom is -0.367 e. The standard InChI is InChI=1S/C21H21FN6O/c22-19-5-2-1-4-16(19)14-26-20(29)17-12-18(15-23-13-17)27-8-10-28(11-9-27)21-24-6-3-7-25-21/h1-7,12-13,15H,8-11,14H2,(H,26,29). The van der Waals surface area contributed by atoms with Crippen LogP contribution in [-0.4, -0.2) is 47.0 Å². The third kappa shape index (κ3) is 4.48. The number of nitrogens with zero attached hydrogens (tertiary/aromatic N) is 5. The lowest BCUT2D eigenvalue weighted by molar-refractivity contribution is 0.0950. The molecule has 4 rings (SSSR count). The summed E-state index contributed by atoms with van der Waals surface area (Å²) in [6.07, 6.45) is 6.75. The number of hydrogen-bond acceptors (Lipinski definition) is 6. The van der Waals surface area contributed by atoms with E-state index in [0.717, 1.165) is 37.8 Å². The Hall–Kier alpha value is -3.55. The van der Waals surface area contributed by atoms with Gasteiger partial charge in [-0.2, -0.15) is 0 Å². The van der Waals surface area contributed by atoms with Crippen molar-refractivity contribution in [3.63, 3.8) is 0 Å². The summed E-state index contributed by atoms with van der Waals surface area (Å²) < 4.78 is 13.7. The lowest BCUT2D eigenvalue weighted by Gasteiger charge is -2.35. The third-order valence-electron chi connectivity index (χ3n) is 4.86. The van der Waals surface area contributed by atoms with E-state index in [4.69, 9.17) is 0 Å². The van der Waals surface area contributed by atoms with Crippen LogP contribution in [0, 0.1) is 5.82 Å². The lowest BCUT2D eigenvalue weighted by Crippen LogP contribution is -2.47. The van der Waals surface area contributed by atoms with Crippen LogP contribution in [0.25, 0.3) is 0 Å². The molecule has 0 spiro atoms. The van der Waals surface area contributed by atoms with Gasteiger partial charge in [0.25, 0.3) is 5.91 Å². The molecule has 1 aliphatic rings. The molecule has 3 heterocycles. The van der Waals surface area contributed by atoms with Crippen molar-refractivity contribution in [2.45, 2.75) is 6.54 Å². The molecule has 1 aromatic carbocycles. The summed E-state index contributed by atoms with van der Waals surface area (Å²) in [5.74, 6) is 0.116. The number of halogens is 1. The number of carbonyl (C=O) groups is 1. The molecule has 1 saturated heterocycles. The van der Waals surface area contributed by atoms with Gasteiger partial charge in [0.05, 0.1) is 17.4 Å². The van der Waals surface area contributed by atoms with Crippen molar-refractivity contribution in [1.29, 1.82) is 0 Å². The Morgan fingerprint density at radius 2 is 1.72 bits per heavy atom. The minimum atomic E-state index is -0.333. The van der Waals surface area contributed by atoms with Crippen LogP contribution in [0.1, 0.15) is 15.9 Å². The number of anilines is 2. The Labute approximate surface area is 168 Å². The van der Waals surface area contributed by atoms with E-state index in [1.165, 1.54) is 12.3 Å². The Kier molecular flexibility index (Phi) is 5.60. The fraction of sp³-hybridized carbons (Fsp3) is 0.238. The Balaban J connectivity index is 1.37. The third-order valence-corrected chi connectivity index (χ3v) is 4.86. The molecule has 0 atom stereocenters. The fourth-order valence-electron chi connectivity index (χ4n) is 3.26. The second kappa shape index (κ2) is 8.64. The van der Waals surface area contributed by atoms with E-state index in [1.54, 1.807) is 42.9 Å². The normalized spacial score (nSPS) is 14.0. The van der Waals surface area contributed by atoms with E-state index in [1.807, 2.05) is 6.07 Å². The number of aromatic nitrogens is 3. The second-order valence-electron chi connectivity index (χ2n) is 6.73. The Morgan fingerprint density at radius 1 is 1.00 bits per heavy atom. The van der Waals surface area contributed by atoms with Crippen molar-refractivity contribution in [2.24, 2.45) is 0 Å². The zero-order valence-electron chi connectivity index (χ0n) is 15.8. The molecule has 0 aliphatic carbocycles. The summed E-state index contributed by atoms with van der Waals surface area (Å²) in [4.78, 5) is 29.6. The van der Waals surface area contributed by atoms with Crippen LogP contribution < -0.4 is 15.1 Å². The van der Waals surface area contributed by atoms with Crippen LogP contribution in [0.15, 0.2) is 61.2 Å². The molecule has 0 saturated carbocycles. The van der Waals surface area contributed by atoms with Crippen LogP contribution in [0.2, 0.25) is 0 Å². The van der Waals surface area contributed by atoms with Gasteiger partial charge in [-0.3, -0.25) is 9.78 Å². The van der Waals surface area contributed by atoms with E-state index in [0.29, 0.717) is 11.1 Å². The smallest absolute Gasteiger partial charge is 0.253 e. The molecule has 0 bridgehead atoms. The summed E-state index contributed by atoms with van der Waals surface area (Å²) in [6.45, 7) is 3.26. The van der Waals surface area contributed by atoms with Crippen LogP contribution >= 0.6 is 0 Å². The molecule has 148 valence electrons. The van der Waals surface area contributed by atoms with E-state index in [9.17, 15) is 9.18 Å². The highest BCUT2D eigenvalue weighted by Gasteiger charge is 2.20. The lowest BCUT2D eigenvalue weighted by atomic mass is 10.2. The highest BCUT2D eigenvalue weighted by molar-refractivity contribution is 5.94. The average molecular weight is 392 g/mol. The molecule has 0 unspecified atom stereocenters. The van der Waals surface area contributed by atoms with E-state index >= 15 is 0 Å². The van der Waals surface area contributed by atoms with E-state index < -0.39 is 0 Å². The molecule has 1 amide bonds. The van der Waals surface area contributed by atoms with Gasteiger partial charge in [-0.05, 0) is 18.2 Å². The summed E-state index contributed by atoms with van der Waals surface area (Å²) in [5.41, 5.74) is 1.79. The maximum absolute atomic E-state index is 13.7. The van der Waals surface area contributed by atoms with Gasteiger partial charge in [0.1, 0.15) is 5.82 Å². The molecule has 29 heavy (non-hydrogen) atoms. The van der Waals surface area contributed by atoms with Crippen LogP contribution in [0.4, 0.5) is 16.0 Å². The molecular formula is C21H21FN6O. The maximum atomic E-state index is 13.7. The van der Waals surface area contributed by atoms with Gasteiger partial charge in [0, 0.05) is 56.9 Å². The second-order valence-corrected chi connectivity index (χ2v) is 6.73. The minimum absolute atomic E-state index is 0.130. The van der Waals surface area contributed by atoms with E-state index in [2.05, 4.69) is 30.1 Å². The van der Waals surface area contributed by atoms with Gasteiger partial charge in [-0.15, -0.1) is 0 Å². The zero-order chi connectivity index (χ0) is 20.1. The van der Waals surface area contributed by atoms with Crippen molar-refractivity contribution >= 4 is 17.5 Å². The number of piperazine rings is 1. The average Bonchev–Trinajstić information content (AvgIpc) is 2.79. The SMILES string of the molecule is O=C(NCc1ccccc1F)c1cncc(N2CCN(c3ncccn3)CC2)c1. The van der Waals surface area contributed by atoms with Crippen LogP contribution in [0.3, 0.4) is 0 Å². The zero-order valence-corrected chi connectivity index (χ0v) is 15.8. The maximum Gasteiger partial charge on any atom is 0.253 e. The van der Waals surface area contributed by atoms with Crippen molar-refractivity contribution < 1.29 is 9.18 Å². The number of hydrogen-bond donors (Lipinski definition) is 1. The highest BCUT2D eigenvalue weighted by Crippen LogP contribution is 2.18. The van der Waals surface area contributed by atoms with Crippen molar-refractivity contribution in [2.75, 3.05) is 36.0 Å². The van der Waals surface area contributed by atoms with Crippen LogP contribution in [-0.2, 0) is 6.54 Å². The summed E-state index contributed by atoms with van der Waals surface area (Å²) in [7, 11) is 0. The molecule has 2 aromatic heterocycles. The number of rotatable bonds is 5. The van der Waals surface area contributed by atoms with E-state index in [-0.39, 0.29) is 18.3 Å². The fourth-order valence-corrected chi connectivity index (χ4v) is 3.26. The van der Waals surface area contributed by atoms with Gasteiger partial charge in [0.2, 0.25) is 5.95 Å². The topological polar surface area (TPSA) is 74.2 Å². The molecule has 3 aromatic rings. The molecular weight excluding hydrogens is 371 g/mol. The summed E-state index contributed by atoms with van der Waals surface area (Å²) in [5, 5.41) is 2.75. The first-order valence-corrected chi connectivity index (χ1v) is 9.44. The number of benzene rings is 1. The number of pyridine rings is 1. The van der Waals surface area contributed by atoms with Gasteiger partial charge in [-0.25, -0.2) is 14.4 Å². The molecule has 1 fully saturated rings. The first-order chi connectivity index (χ1) is 14.2. The number of amides is 1. The summed E-state index contributed by atoms with van der Waals surface area (Å²) in [6, 6.07) is 10.0. The summed E-state index contributed by atoms with van der Waals surface area (Å²) >= 11 is 0. The monoisotopic (exact) mass is 392 g/mol. The first kappa shape index (κ1) is 18.8.